The lowest BCUT2D eigenvalue weighted by molar-refractivity contribution is 0.431. The zero-order valence-corrected chi connectivity index (χ0v) is 12.1. The molecule has 0 spiro atoms. The van der Waals surface area contributed by atoms with Crippen LogP contribution in [0.2, 0.25) is 0 Å². The van der Waals surface area contributed by atoms with Gasteiger partial charge < -0.3 is 4.42 Å². The van der Waals surface area contributed by atoms with Crippen molar-refractivity contribution in [3.05, 3.63) is 42.9 Å². The van der Waals surface area contributed by atoms with Crippen molar-refractivity contribution in [2.24, 2.45) is 5.92 Å². The summed E-state index contributed by atoms with van der Waals surface area (Å²) < 4.78 is 18.2. The van der Waals surface area contributed by atoms with Crippen LogP contribution in [-0.2, 0) is 13.0 Å². The minimum absolute atomic E-state index is 0.126. The zero-order valence-electron chi connectivity index (χ0n) is 12.1. The highest BCUT2D eigenvalue weighted by atomic mass is 19.1. The summed E-state index contributed by atoms with van der Waals surface area (Å²) in [7, 11) is 0. The maximum Gasteiger partial charge on any atom is 0.337 e. The van der Waals surface area contributed by atoms with Crippen LogP contribution in [0.1, 0.15) is 31.2 Å². The van der Waals surface area contributed by atoms with E-state index in [4.69, 9.17) is 4.42 Å². The van der Waals surface area contributed by atoms with Gasteiger partial charge >= 0.3 is 11.3 Å². The molecule has 0 bridgehead atoms. The second-order valence-electron chi connectivity index (χ2n) is 5.71. The van der Waals surface area contributed by atoms with Crippen molar-refractivity contribution in [3.63, 3.8) is 0 Å². The van der Waals surface area contributed by atoms with Crippen LogP contribution in [0.5, 0.6) is 0 Å². The molecule has 0 unspecified atom stereocenters. The maximum atomic E-state index is 12.5. The molecule has 6 nitrogen and oxygen atoms in total. The molecular formula is C15H17FN2O4. The molecule has 0 aliphatic heterocycles. The summed E-state index contributed by atoms with van der Waals surface area (Å²) >= 11 is 0. The van der Waals surface area contributed by atoms with Gasteiger partial charge in [-0.25, -0.2) is 14.0 Å². The Morgan fingerprint density at radius 2 is 2.09 bits per heavy atom. The first-order chi connectivity index (χ1) is 10.6. The summed E-state index contributed by atoms with van der Waals surface area (Å²) in [6.07, 6.45) is 4.98. The van der Waals surface area contributed by atoms with Crippen LogP contribution in [0.25, 0.3) is 11.1 Å². The Morgan fingerprint density at radius 3 is 2.77 bits per heavy atom. The van der Waals surface area contributed by atoms with E-state index in [2.05, 4.69) is 4.98 Å². The topological polar surface area (TPSA) is 85.1 Å². The molecule has 118 valence electrons. The lowest BCUT2D eigenvalue weighted by Gasteiger charge is -2.07. The van der Waals surface area contributed by atoms with E-state index in [1.54, 1.807) is 0 Å². The average Bonchev–Trinajstić information content (AvgIpc) is 3.26. The molecule has 2 aromatic heterocycles. The molecule has 1 fully saturated rings. The van der Waals surface area contributed by atoms with Crippen molar-refractivity contribution in [1.82, 2.24) is 9.55 Å². The fourth-order valence-electron chi connectivity index (χ4n) is 2.73. The molecule has 0 amide bonds. The number of alkyl halides is 1. The smallest absolute Gasteiger partial charge is 0.337 e. The number of hydrogen-bond acceptors (Lipinski definition) is 4. The largest absolute Gasteiger partial charge is 0.405 e. The van der Waals surface area contributed by atoms with Gasteiger partial charge in [0.2, 0.25) is 5.71 Å². The van der Waals surface area contributed by atoms with Crippen molar-refractivity contribution >= 4 is 11.1 Å². The van der Waals surface area contributed by atoms with Gasteiger partial charge in [-0.2, -0.15) is 0 Å². The standard InChI is InChI=1S/C15H17FN2O4/c16-6-7-18-14(20)12-10(3-1-2-9-4-5-9)8-11(19)22-13(12)17-15(18)21/h8-9H,1-7H2,(H,17,21). The Balaban J connectivity index is 2.08. The van der Waals surface area contributed by atoms with Crippen LogP contribution >= 0.6 is 0 Å². The monoisotopic (exact) mass is 308 g/mol. The molecule has 2 heterocycles. The third kappa shape index (κ3) is 2.88. The Hall–Kier alpha value is -2.18. The van der Waals surface area contributed by atoms with Gasteiger partial charge in [0, 0.05) is 6.07 Å². The first-order valence-electron chi connectivity index (χ1n) is 7.46. The van der Waals surface area contributed by atoms with Crippen LogP contribution in [0.15, 0.2) is 24.9 Å². The Labute approximate surface area is 124 Å². The van der Waals surface area contributed by atoms with E-state index < -0.39 is 23.5 Å². The normalized spacial score (nSPS) is 14.6. The summed E-state index contributed by atoms with van der Waals surface area (Å²) in [6.45, 7) is -1.13. The second kappa shape index (κ2) is 5.90. The van der Waals surface area contributed by atoms with E-state index in [-0.39, 0.29) is 17.6 Å². The number of aromatic amines is 1. The minimum Gasteiger partial charge on any atom is -0.405 e. The van der Waals surface area contributed by atoms with E-state index in [9.17, 15) is 18.8 Å². The molecular weight excluding hydrogens is 291 g/mol. The van der Waals surface area contributed by atoms with Crippen LogP contribution < -0.4 is 16.9 Å². The van der Waals surface area contributed by atoms with Crippen molar-refractivity contribution in [2.45, 2.75) is 38.6 Å². The average molecular weight is 308 g/mol. The number of aromatic nitrogens is 2. The number of hydrogen-bond donors (Lipinski definition) is 1. The molecule has 0 aromatic carbocycles. The number of H-pyrrole nitrogens is 1. The lowest BCUT2D eigenvalue weighted by atomic mass is 10.1. The van der Waals surface area contributed by atoms with Crippen molar-refractivity contribution in [3.8, 4) is 0 Å². The third-order valence-electron chi connectivity index (χ3n) is 4.03. The fourth-order valence-corrected chi connectivity index (χ4v) is 2.73. The zero-order chi connectivity index (χ0) is 15.7. The quantitative estimate of drug-likeness (QED) is 0.873. The third-order valence-corrected chi connectivity index (χ3v) is 4.03. The van der Waals surface area contributed by atoms with Gasteiger partial charge in [-0.05, 0) is 24.3 Å². The van der Waals surface area contributed by atoms with E-state index in [1.165, 1.54) is 18.9 Å². The van der Waals surface area contributed by atoms with Gasteiger partial charge in [-0.1, -0.05) is 19.3 Å². The molecule has 1 aliphatic rings. The van der Waals surface area contributed by atoms with Crippen molar-refractivity contribution in [1.29, 1.82) is 0 Å². The molecule has 0 radical (unpaired) electrons. The number of fused-ring (bicyclic) bond motifs is 1. The first kappa shape index (κ1) is 14.7. The summed E-state index contributed by atoms with van der Waals surface area (Å²) in [5, 5.41) is 0.170. The highest BCUT2D eigenvalue weighted by Crippen LogP contribution is 2.34. The first-order valence-corrected chi connectivity index (χ1v) is 7.46. The number of rotatable bonds is 6. The second-order valence-corrected chi connectivity index (χ2v) is 5.71. The van der Waals surface area contributed by atoms with Gasteiger partial charge in [0.25, 0.3) is 5.56 Å². The Kier molecular flexibility index (Phi) is 3.96. The van der Waals surface area contributed by atoms with E-state index in [1.807, 2.05) is 0 Å². The van der Waals surface area contributed by atoms with Crippen LogP contribution in [0.4, 0.5) is 4.39 Å². The molecule has 2 aromatic rings. The summed E-state index contributed by atoms with van der Waals surface area (Å²) in [5.41, 5.74) is -1.55. The molecule has 1 saturated carbocycles. The van der Waals surface area contributed by atoms with Crippen molar-refractivity contribution < 1.29 is 8.81 Å². The molecule has 7 heteroatoms. The van der Waals surface area contributed by atoms with Crippen LogP contribution in [0, 0.1) is 5.92 Å². The molecule has 1 N–H and O–H groups in total. The Bertz CT molecular complexity index is 860. The maximum absolute atomic E-state index is 12.5. The number of nitrogens with one attached hydrogen (secondary N) is 1. The number of nitrogens with zero attached hydrogens (tertiary/aromatic N) is 1. The molecule has 1 aliphatic carbocycles. The van der Waals surface area contributed by atoms with Gasteiger partial charge in [0.1, 0.15) is 12.1 Å². The van der Waals surface area contributed by atoms with Crippen molar-refractivity contribution in [2.75, 3.05) is 6.67 Å². The summed E-state index contributed by atoms with van der Waals surface area (Å²) in [6, 6.07) is 1.29. The molecule has 0 atom stereocenters. The number of aryl methyl sites for hydroxylation is 1. The van der Waals surface area contributed by atoms with E-state index in [0.29, 0.717) is 12.0 Å². The fraction of sp³-hybridized carbons (Fsp3) is 0.533. The lowest BCUT2D eigenvalue weighted by Crippen LogP contribution is -2.36. The Morgan fingerprint density at radius 1 is 1.32 bits per heavy atom. The van der Waals surface area contributed by atoms with Crippen LogP contribution in [-0.4, -0.2) is 16.2 Å². The van der Waals surface area contributed by atoms with Gasteiger partial charge in [-0.15, -0.1) is 0 Å². The highest BCUT2D eigenvalue weighted by molar-refractivity contribution is 5.75. The van der Waals surface area contributed by atoms with Gasteiger partial charge in [-0.3, -0.25) is 14.3 Å². The highest BCUT2D eigenvalue weighted by Gasteiger charge is 2.21. The SMILES string of the molecule is O=c1cc(CCCC2CC2)c2c(=O)n(CCF)c(=O)[nH]c2o1. The predicted octanol–water partition coefficient (Wildman–Crippen LogP) is 1.35. The number of halogens is 1. The van der Waals surface area contributed by atoms with Gasteiger partial charge in [0.05, 0.1) is 6.54 Å². The molecule has 3 rings (SSSR count). The van der Waals surface area contributed by atoms with Gasteiger partial charge in [0.15, 0.2) is 0 Å². The predicted molar refractivity (Wildman–Crippen MR) is 79.0 cm³/mol. The molecule has 22 heavy (non-hydrogen) atoms. The van der Waals surface area contributed by atoms with E-state index in [0.717, 1.165) is 23.3 Å². The molecule has 0 saturated heterocycles. The summed E-state index contributed by atoms with van der Waals surface area (Å²) in [4.78, 5) is 38.1. The minimum atomic E-state index is -0.817. The van der Waals surface area contributed by atoms with E-state index >= 15 is 0 Å². The summed E-state index contributed by atoms with van der Waals surface area (Å²) in [5.74, 6) is 0.759. The van der Waals surface area contributed by atoms with Crippen LogP contribution in [0.3, 0.4) is 0 Å².